The molecule has 17 heavy (non-hydrogen) atoms. The average molecular weight is 235 g/mol. The van der Waals surface area contributed by atoms with Gasteiger partial charge >= 0.3 is 5.97 Å². The van der Waals surface area contributed by atoms with E-state index in [4.69, 9.17) is 5.11 Å². The minimum atomic E-state index is -0.745. The lowest BCUT2D eigenvalue weighted by atomic mass is 10.4. The number of hydrogen-bond donors (Lipinski definition) is 1. The van der Waals surface area contributed by atoms with E-state index in [0.29, 0.717) is 0 Å². The van der Waals surface area contributed by atoms with Crippen LogP contribution in [0.3, 0.4) is 0 Å². The van der Waals surface area contributed by atoms with E-state index in [2.05, 4.69) is 22.1 Å². The maximum atomic E-state index is 9.37. The first-order valence-electron chi connectivity index (χ1n) is 5.36. The molecule has 0 aliphatic rings. The van der Waals surface area contributed by atoms with Gasteiger partial charge < -0.3 is 14.4 Å². The van der Waals surface area contributed by atoms with Crippen LogP contribution >= 0.6 is 0 Å². The maximum absolute atomic E-state index is 9.37. The standard InChI is InChI=1S/C9H11N3.C3H6O2/c1-11(2)8-3-4-9-10-5-6-12(9)7-8;1-2-3(4)5/h3-7H,1-2H3;2H2,1H3,(H,4,5). The number of hydrogen-bond acceptors (Lipinski definition) is 3. The van der Waals surface area contributed by atoms with E-state index in [-0.39, 0.29) is 6.42 Å². The Morgan fingerprint density at radius 3 is 2.65 bits per heavy atom. The number of rotatable bonds is 2. The van der Waals surface area contributed by atoms with Crippen molar-refractivity contribution in [1.82, 2.24) is 9.38 Å². The van der Waals surface area contributed by atoms with E-state index in [1.54, 1.807) is 13.1 Å². The molecule has 0 bridgehead atoms. The summed E-state index contributed by atoms with van der Waals surface area (Å²) in [6.45, 7) is 1.60. The summed E-state index contributed by atoms with van der Waals surface area (Å²) in [6.07, 6.45) is 6.03. The van der Waals surface area contributed by atoms with E-state index in [1.165, 1.54) is 5.69 Å². The fraction of sp³-hybridized carbons (Fsp3) is 0.333. The molecule has 2 rings (SSSR count). The van der Waals surface area contributed by atoms with Gasteiger partial charge in [0, 0.05) is 39.1 Å². The molecule has 2 heterocycles. The van der Waals surface area contributed by atoms with E-state index in [0.717, 1.165) is 5.65 Å². The molecule has 5 heteroatoms. The Labute approximate surface area is 100 Å². The largest absolute Gasteiger partial charge is 0.481 e. The summed E-state index contributed by atoms with van der Waals surface area (Å²) in [5.41, 5.74) is 2.17. The molecular weight excluding hydrogens is 218 g/mol. The summed E-state index contributed by atoms with van der Waals surface area (Å²) in [4.78, 5) is 15.6. The molecule has 0 atom stereocenters. The number of anilines is 1. The van der Waals surface area contributed by atoms with Gasteiger partial charge in [-0.3, -0.25) is 4.79 Å². The minimum absolute atomic E-state index is 0.222. The van der Waals surface area contributed by atoms with Gasteiger partial charge in [0.2, 0.25) is 0 Å². The van der Waals surface area contributed by atoms with Gasteiger partial charge in [0.1, 0.15) is 5.65 Å². The molecule has 0 fully saturated rings. The lowest BCUT2D eigenvalue weighted by molar-refractivity contribution is -0.136. The van der Waals surface area contributed by atoms with Crippen molar-refractivity contribution in [3.8, 4) is 0 Å². The van der Waals surface area contributed by atoms with Crippen molar-refractivity contribution in [2.45, 2.75) is 13.3 Å². The first kappa shape index (κ1) is 13.0. The van der Waals surface area contributed by atoms with Crippen LogP contribution in [0.5, 0.6) is 0 Å². The summed E-state index contributed by atoms with van der Waals surface area (Å²) in [5.74, 6) is -0.745. The SMILES string of the molecule is CCC(=O)O.CN(C)c1ccc2nccn2c1. The van der Waals surface area contributed by atoms with Crippen LogP contribution in [0.4, 0.5) is 5.69 Å². The highest BCUT2D eigenvalue weighted by atomic mass is 16.4. The Kier molecular flexibility index (Phi) is 4.51. The van der Waals surface area contributed by atoms with E-state index < -0.39 is 5.97 Å². The predicted molar refractivity (Wildman–Crippen MR) is 67.4 cm³/mol. The topological polar surface area (TPSA) is 57.8 Å². The van der Waals surface area contributed by atoms with Gasteiger partial charge in [-0.1, -0.05) is 6.92 Å². The second kappa shape index (κ2) is 5.89. The van der Waals surface area contributed by atoms with Crippen molar-refractivity contribution in [2.75, 3.05) is 19.0 Å². The molecule has 92 valence electrons. The Balaban J connectivity index is 0.000000249. The number of pyridine rings is 1. The number of imidazole rings is 1. The van der Waals surface area contributed by atoms with Gasteiger partial charge in [0.25, 0.3) is 0 Å². The van der Waals surface area contributed by atoms with Gasteiger partial charge in [0.05, 0.1) is 5.69 Å². The molecule has 0 unspecified atom stereocenters. The molecule has 0 radical (unpaired) electrons. The quantitative estimate of drug-likeness (QED) is 0.863. The molecule has 2 aromatic heterocycles. The molecule has 5 nitrogen and oxygen atoms in total. The van der Waals surface area contributed by atoms with Crippen LogP contribution in [-0.2, 0) is 4.79 Å². The van der Waals surface area contributed by atoms with Gasteiger partial charge in [-0.25, -0.2) is 4.98 Å². The van der Waals surface area contributed by atoms with E-state index in [1.807, 2.05) is 30.8 Å². The number of nitrogens with zero attached hydrogens (tertiary/aromatic N) is 3. The van der Waals surface area contributed by atoms with Gasteiger partial charge in [0.15, 0.2) is 0 Å². The number of carbonyl (C=O) groups is 1. The zero-order chi connectivity index (χ0) is 12.8. The van der Waals surface area contributed by atoms with Crippen molar-refractivity contribution in [1.29, 1.82) is 0 Å². The van der Waals surface area contributed by atoms with Crippen molar-refractivity contribution in [3.63, 3.8) is 0 Å². The van der Waals surface area contributed by atoms with Crippen LogP contribution in [0, 0.1) is 0 Å². The van der Waals surface area contributed by atoms with Crippen molar-refractivity contribution < 1.29 is 9.90 Å². The lowest BCUT2D eigenvalue weighted by Crippen LogP contribution is -2.08. The van der Waals surface area contributed by atoms with Crippen molar-refractivity contribution in [2.24, 2.45) is 0 Å². The Morgan fingerprint density at radius 1 is 1.47 bits per heavy atom. The Hall–Kier alpha value is -2.04. The van der Waals surface area contributed by atoms with Crippen LogP contribution in [0.15, 0.2) is 30.7 Å². The molecule has 0 saturated carbocycles. The number of aliphatic carboxylic acids is 1. The number of carboxylic acid groups (broad SMARTS) is 1. The molecule has 2 aromatic rings. The molecule has 1 N–H and O–H groups in total. The third-order valence-corrected chi connectivity index (χ3v) is 2.19. The van der Waals surface area contributed by atoms with E-state index in [9.17, 15) is 4.79 Å². The Morgan fingerprint density at radius 2 is 2.12 bits per heavy atom. The molecule has 0 spiro atoms. The monoisotopic (exact) mass is 235 g/mol. The molecule has 0 aliphatic heterocycles. The van der Waals surface area contributed by atoms with Gasteiger partial charge in [-0.2, -0.15) is 0 Å². The third-order valence-electron chi connectivity index (χ3n) is 2.19. The van der Waals surface area contributed by atoms with E-state index >= 15 is 0 Å². The molecule has 0 saturated heterocycles. The highest BCUT2D eigenvalue weighted by Crippen LogP contribution is 2.11. The van der Waals surface area contributed by atoms with Crippen LogP contribution in [0.25, 0.3) is 5.65 Å². The molecule has 0 aliphatic carbocycles. The maximum Gasteiger partial charge on any atom is 0.303 e. The molecule has 0 amide bonds. The smallest absolute Gasteiger partial charge is 0.303 e. The summed E-state index contributed by atoms with van der Waals surface area (Å²) < 4.78 is 2.01. The summed E-state index contributed by atoms with van der Waals surface area (Å²) in [5, 5.41) is 7.72. The fourth-order valence-corrected chi connectivity index (χ4v) is 1.17. The Bertz CT molecular complexity index is 491. The normalized spacial score (nSPS) is 9.59. The number of aromatic nitrogens is 2. The first-order valence-corrected chi connectivity index (χ1v) is 5.36. The van der Waals surface area contributed by atoms with Gasteiger partial charge in [-0.15, -0.1) is 0 Å². The van der Waals surface area contributed by atoms with Crippen molar-refractivity contribution in [3.05, 3.63) is 30.7 Å². The zero-order valence-corrected chi connectivity index (χ0v) is 10.3. The summed E-state index contributed by atoms with van der Waals surface area (Å²) >= 11 is 0. The highest BCUT2D eigenvalue weighted by Gasteiger charge is 1.96. The summed E-state index contributed by atoms with van der Waals surface area (Å²) in [6, 6.07) is 4.07. The first-order chi connectivity index (χ1) is 8.04. The second-order valence-electron chi connectivity index (χ2n) is 3.72. The van der Waals surface area contributed by atoms with Gasteiger partial charge in [-0.05, 0) is 12.1 Å². The minimum Gasteiger partial charge on any atom is -0.481 e. The van der Waals surface area contributed by atoms with Crippen LogP contribution in [-0.4, -0.2) is 34.6 Å². The number of carboxylic acids is 1. The number of fused-ring (bicyclic) bond motifs is 1. The van der Waals surface area contributed by atoms with Crippen LogP contribution < -0.4 is 4.90 Å². The predicted octanol–water partition coefficient (Wildman–Crippen LogP) is 1.88. The summed E-state index contributed by atoms with van der Waals surface area (Å²) in [7, 11) is 4.05. The molecular formula is C12H17N3O2. The van der Waals surface area contributed by atoms with Crippen LogP contribution in [0.2, 0.25) is 0 Å². The molecule has 0 aromatic carbocycles. The fourth-order valence-electron chi connectivity index (χ4n) is 1.17. The second-order valence-corrected chi connectivity index (χ2v) is 3.72. The highest BCUT2D eigenvalue weighted by molar-refractivity contribution is 5.66. The van der Waals surface area contributed by atoms with Crippen molar-refractivity contribution >= 4 is 17.3 Å². The third kappa shape index (κ3) is 3.79. The lowest BCUT2D eigenvalue weighted by Gasteiger charge is -2.11. The zero-order valence-electron chi connectivity index (χ0n) is 10.3. The average Bonchev–Trinajstić information content (AvgIpc) is 2.76. The van der Waals surface area contributed by atoms with Crippen LogP contribution in [0.1, 0.15) is 13.3 Å².